The minimum Gasteiger partial charge on any atom is -0.348 e. The second kappa shape index (κ2) is 6.13. The first kappa shape index (κ1) is 14.6. The van der Waals surface area contributed by atoms with Crippen LogP contribution in [-0.4, -0.2) is 10.8 Å². The lowest BCUT2D eigenvalue weighted by Gasteiger charge is -2.06. The van der Waals surface area contributed by atoms with Crippen LogP contribution in [0.1, 0.15) is 21.5 Å². The second-order valence-corrected chi connectivity index (χ2v) is 4.60. The maximum atomic E-state index is 13.2. The first-order valence-electron chi connectivity index (χ1n) is 6.25. The predicted octanol–water partition coefficient (Wildman–Crippen LogP) is 2.97. The second-order valence-electron chi connectivity index (χ2n) is 4.60. The van der Waals surface area contributed by atoms with Crippen LogP contribution >= 0.6 is 0 Å². The molecule has 0 heterocycles. The van der Waals surface area contributed by atoms with E-state index in [1.807, 2.05) is 31.2 Å². The summed E-state index contributed by atoms with van der Waals surface area (Å²) in [5.41, 5.74) is 1.33. The van der Waals surface area contributed by atoms with Crippen molar-refractivity contribution in [2.24, 2.45) is 0 Å². The Morgan fingerprint density at radius 3 is 2.71 bits per heavy atom. The highest BCUT2D eigenvalue weighted by Gasteiger charge is 2.17. The van der Waals surface area contributed by atoms with Crippen LogP contribution < -0.4 is 5.32 Å². The Balaban J connectivity index is 2.10. The van der Waals surface area contributed by atoms with Crippen molar-refractivity contribution in [2.75, 3.05) is 0 Å². The molecule has 0 aromatic heterocycles. The van der Waals surface area contributed by atoms with Gasteiger partial charge in [-0.2, -0.15) is 4.39 Å². The number of carbonyl (C=O) groups is 1. The Morgan fingerprint density at radius 1 is 1.29 bits per heavy atom. The minimum absolute atomic E-state index is 0.0516. The van der Waals surface area contributed by atoms with Gasteiger partial charge in [-0.05, 0) is 24.6 Å². The van der Waals surface area contributed by atoms with Gasteiger partial charge < -0.3 is 5.32 Å². The highest BCUT2D eigenvalue weighted by molar-refractivity contribution is 5.94. The van der Waals surface area contributed by atoms with E-state index in [0.717, 1.165) is 23.3 Å². The van der Waals surface area contributed by atoms with Gasteiger partial charge in [0.25, 0.3) is 5.91 Å². The maximum absolute atomic E-state index is 13.2. The van der Waals surface area contributed by atoms with Gasteiger partial charge in [-0.15, -0.1) is 0 Å². The Labute approximate surface area is 120 Å². The Kier molecular flexibility index (Phi) is 4.27. The summed E-state index contributed by atoms with van der Waals surface area (Å²) >= 11 is 0. The van der Waals surface area contributed by atoms with Crippen LogP contribution in [0.2, 0.25) is 0 Å². The first-order valence-corrected chi connectivity index (χ1v) is 6.25. The quantitative estimate of drug-likeness (QED) is 0.694. The summed E-state index contributed by atoms with van der Waals surface area (Å²) in [6, 6.07) is 10.7. The van der Waals surface area contributed by atoms with Gasteiger partial charge in [-0.3, -0.25) is 14.9 Å². The first-order chi connectivity index (χ1) is 9.97. The Hall–Kier alpha value is -2.76. The number of nitro groups is 1. The molecule has 0 fully saturated rings. The minimum atomic E-state index is -0.963. The highest BCUT2D eigenvalue weighted by atomic mass is 19.1. The van der Waals surface area contributed by atoms with E-state index in [4.69, 9.17) is 0 Å². The van der Waals surface area contributed by atoms with E-state index in [1.165, 1.54) is 6.07 Å². The lowest BCUT2D eigenvalue weighted by Crippen LogP contribution is -2.23. The van der Waals surface area contributed by atoms with Crippen LogP contribution in [0.15, 0.2) is 42.5 Å². The SMILES string of the molecule is Cc1cccc(CNC(=O)c2ccc(F)c([N+](=O)[O-])c2)c1. The zero-order chi connectivity index (χ0) is 15.4. The molecule has 0 aliphatic rings. The molecule has 0 saturated heterocycles. The zero-order valence-corrected chi connectivity index (χ0v) is 11.3. The number of nitrogens with zero attached hydrogens (tertiary/aromatic N) is 1. The van der Waals surface area contributed by atoms with Gasteiger partial charge in [-0.1, -0.05) is 29.8 Å². The largest absolute Gasteiger partial charge is 0.348 e. The number of nitro benzene ring substituents is 1. The summed E-state index contributed by atoms with van der Waals surface area (Å²) in [7, 11) is 0. The molecular weight excluding hydrogens is 275 g/mol. The molecule has 0 aliphatic heterocycles. The van der Waals surface area contributed by atoms with Crippen molar-refractivity contribution in [1.29, 1.82) is 0 Å². The normalized spacial score (nSPS) is 10.2. The van der Waals surface area contributed by atoms with E-state index in [0.29, 0.717) is 6.54 Å². The lowest BCUT2D eigenvalue weighted by atomic mass is 10.1. The van der Waals surface area contributed by atoms with E-state index in [1.54, 1.807) is 0 Å². The zero-order valence-electron chi connectivity index (χ0n) is 11.3. The number of carbonyl (C=O) groups excluding carboxylic acids is 1. The van der Waals surface area contributed by atoms with Crippen molar-refractivity contribution in [3.05, 3.63) is 75.1 Å². The molecule has 1 amide bonds. The average molecular weight is 288 g/mol. The smallest absolute Gasteiger partial charge is 0.305 e. The molecule has 2 aromatic carbocycles. The molecule has 0 bridgehead atoms. The number of hydrogen-bond donors (Lipinski definition) is 1. The van der Waals surface area contributed by atoms with E-state index >= 15 is 0 Å². The number of nitrogens with one attached hydrogen (secondary N) is 1. The number of aryl methyl sites for hydroxylation is 1. The molecule has 0 saturated carbocycles. The topological polar surface area (TPSA) is 72.2 Å². The van der Waals surface area contributed by atoms with Gasteiger partial charge in [0.15, 0.2) is 0 Å². The highest BCUT2D eigenvalue weighted by Crippen LogP contribution is 2.18. The predicted molar refractivity (Wildman–Crippen MR) is 75.4 cm³/mol. The van der Waals surface area contributed by atoms with Crippen LogP contribution in [0, 0.1) is 22.9 Å². The van der Waals surface area contributed by atoms with Gasteiger partial charge in [0.1, 0.15) is 0 Å². The summed E-state index contributed by atoms with van der Waals surface area (Å²) in [4.78, 5) is 21.7. The van der Waals surface area contributed by atoms with Crippen LogP contribution in [0.4, 0.5) is 10.1 Å². The third kappa shape index (κ3) is 3.62. The van der Waals surface area contributed by atoms with Gasteiger partial charge in [0.05, 0.1) is 4.92 Å². The van der Waals surface area contributed by atoms with E-state index < -0.39 is 22.3 Å². The van der Waals surface area contributed by atoms with Crippen LogP contribution in [0.3, 0.4) is 0 Å². The van der Waals surface area contributed by atoms with Crippen molar-refractivity contribution >= 4 is 11.6 Å². The molecule has 1 N–H and O–H groups in total. The number of amides is 1. The van der Waals surface area contributed by atoms with Crippen LogP contribution in [0.5, 0.6) is 0 Å². The van der Waals surface area contributed by atoms with Crippen molar-refractivity contribution in [2.45, 2.75) is 13.5 Å². The van der Waals surface area contributed by atoms with Crippen molar-refractivity contribution in [3.8, 4) is 0 Å². The van der Waals surface area contributed by atoms with Gasteiger partial charge in [0, 0.05) is 18.2 Å². The third-order valence-corrected chi connectivity index (χ3v) is 2.94. The Morgan fingerprint density at radius 2 is 2.05 bits per heavy atom. The molecule has 2 aromatic rings. The molecule has 0 aliphatic carbocycles. The summed E-state index contributed by atoms with van der Waals surface area (Å²) in [5.74, 6) is -1.45. The fourth-order valence-electron chi connectivity index (χ4n) is 1.90. The fourth-order valence-corrected chi connectivity index (χ4v) is 1.90. The standard InChI is InChI=1S/C15H13FN2O3/c1-10-3-2-4-11(7-10)9-17-15(19)12-5-6-13(16)14(8-12)18(20)21/h2-8H,9H2,1H3,(H,17,19). The molecule has 6 heteroatoms. The molecule has 0 radical (unpaired) electrons. The van der Waals surface area contributed by atoms with Crippen LogP contribution in [0.25, 0.3) is 0 Å². The summed E-state index contributed by atoms with van der Waals surface area (Å²) in [5, 5.41) is 13.3. The van der Waals surface area contributed by atoms with E-state index in [9.17, 15) is 19.3 Å². The van der Waals surface area contributed by atoms with Gasteiger partial charge in [-0.25, -0.2) is 0 Å². The summed E-state index contributed by atoms with van der Waals surface area (Å²) in [6.07, 6.45) is 0. The van der Waals surface area contributed by atoms with Crippen LogP contribution in [-0.2, 0) is 6.54 Å². The molecule has 0 spiro atoms. The van der Waals surface area contributed by atoms with Crippen molar-refractivity contribution < 1.29 is 14.1 Å². The molecule has 5 nitrogen and oxygen atoms in total. The molecule has 2 rings (SSSR count). The van der Waals surface area contributed by atoms with Gasteiger partial charge in [0.2, 0.25) is 5.82 Å². The lowest BCUT2D eigenvalue weighted by molar-refractivity contribution is -0.387. The van der Waals surface area contributed by atoms with E-state index in [2.05, 4.69) is 5.32 Å². The number of hydrogen-bond acceptors (Lipinski definition) is 3. The number of benzene rings is 2. The number of halogens is 1. The molecule has 21 heavy (non-hydrogen) atoms. The molecule has 0 unspecified atom stereocenters. The van der Waals surface area contributed by atoms with Crippen molar-refractivity contribution in [3.63, 3.8) is 0 Å². The Bertz CT molecular complexity index is 701. The van der Waals surface area contributed by atoms with E-state index in [-0.39, 0.29) is 5.56 Å². The van der Waals surface area contributed by atoms with Crippen molar-refractivity contribution in [1.82, 2.24) is 5.32 Å². The fraction of sp³-hybridized carbons (Fsp3) is 0.133. The molecular formula is C15H13FN2O3. The molecule has 0 atom stereocenters. The average Bonchev–Trinajstić information content (AvgIpc) is 2.45. The summed E-state index contributed by atoms with van der Waals surface area (Å²) < 4.78 is 13.2. The maximum Gasteiger partial charge on any atom is 0.305 e. The number of rotatable bonds is 4. The molecule has 108 valence electrons. The third-order valence-electron chi connectivity index (χ3n) is 2.94. The summed E-state index contributed by atoms with van der Waals surface area (Å²) in [6.45, 7) is 2.24. The van der Waals surface area contributed by atoms with Gasteiger partial charge >= 0.3 is 5.69 Å². The monoisotopic (exact) mass is 288 g/mol.